The molecule has 3 heteroatoms. The quantitative estimate of drug-likeness (QED) is 0.742. The minimum atomic E-state index is 0.376. The summed E-state index contributed by atoms with van der Waals surface area (Å²) in [6.45, 7) is 8.17. The fraction of sp³-hybridized carbons (Fsp3) is 1.00. The van der Waals surface area contributed by atoms with Crippen LogP contribution in [0, 0.1) is 0 Å². The monoisotopic (exact) mass is 202 g/mol. The van der Waals surface area contributed by atoms with Gasteiger partial charge in [0.1, 0.15) is 0 Å². The van der Waals surface area contributed by atoms with E-state index in [2.05, 4.69) is 37.4 Å². The van der Waals surface area contributed by atoms with Crippen molar-refractivity contribution in [2.75, 3.05) is 32.9 Å². The van der Waals surface area contributed by atoms with Crippen molar-refractivity contribution in [2.45, 2.75) is 31.1 Å². The molecule has 1 saturated heterocycles. The number of nitrogens with zero attached hydrogens (tertiary/aromatic N) is 1. The molecule has 0 saturated carbocycles. The van der Waals surface area contributed by atoms with E-state index in [0.717, 1.165) is 12.6 Å². The number of likely N-dealkylation sites (N-methyl/N-ethyl adjacent to an activating group) is 1. The maximum absolute atomic E-state index is 3.64. The van der Waals surface area contributed by atoms with Crippen molar-refractivity contribution in [1.82, 2.24) is 10.2 Å². The van der Waals surface area contributed by atoms with Gasteiger partial charge in [-0.3, -0.25) is 0 Å². The molecule has 0 aromatic heterocycles. The first kappa shape index (κ1) is 11.3. The largest absolute Gasteiger partial charge is 0.311 e. The molecular formula is C10H22N2S. The molecule has 1 rings (SSSR count). The van der Waals surface area contributed by atoms with Gasteiger partial charge in [-0.15, -0.1) is 0 Å². The summed E-state index contributed by atoms with van der Waals surface area (Å²) in [4.78, 5) is 2.39. The third kappa shape index (κ3) is 3.88. The van der Waals surface area contributed by atoms with E-state index in [4.69, 9.17) is 0 Å². The molecule has 78 valence electrons. The minimum Gasteiger partial charge on any atom is -0.311 e. The van der Waals surface area contributed by atoms with Crippen molar-refractivity contribution >= 4 is 11.8 Å². The zero-order valence-electron chi connectivity index (χ0n) is 9.26. The van der Waals surface area contributed by atoms with Crippen LogP contribution >= 0.6 is 11.8 Å². The lowest BCUT2D eigenvalue weighted by Crippen LogP contribution is -2.40. The Hall–Kier alpha value is 0.270. The summed E-state index contributed by atoms with van der Waals surface area (Å²) in [6, 6.07) is 0.719. The molecule has 0 aliphatic carbocycles. The lowest BCUT2D eigenvalue weighted by atomic mass is 10.2. The summed E-state index contributed by atoms with van der Waals surface area (Å²) in [5, 5.41) is 3.64. The van der Waals surface area contributed by atoms with Gasteiger partial charge in [0.2, 0.25) is 0 Å². The lowest BCUT2D eigenvalue weighted by molar-refractivity contribution is 0.394. The number of hydrogen-bond donors (Lipinski definition) is 1. The average molecular weight is 202 g/mol. The zero-order chi connectivity index (χ0) is 9.90. The smallest absolute Gasteiger partial charge is 0.0225 e. The topological polar surface area (TPSA) is 15.3 Å². The van der Waals surface area contributed by atoms with E-state index in [9.17, 15) is 0 Å². The van der Waals surface area contributed by atoms with Gasteiger partial charge in [-0.05, 0) is 40.1 Å². The van der Waals surface area contributed by atoms with E-state index in [-0.39, 0.29) is 0 Å². The molecular weight excluding hydrogens is 180 g/mol. The molecule has 1 N–H and O–H groups in total. The maximum atomic E-state index is 3.64. The Balaban J connectivity index is 2.19. The molecule has 0 aromatic rings. The summed E-state index contributed by atoms with van der Waals surface area (Å²) in [6.07, 6.45) is 3.49. The van der Waals surface area contributed by atoms with Gasteiger partial charge in [0.25, 0.3) is 0 Å². The first-order chi connectivity index (χ1) is 6.03. The van der Waals surface area contributed by atoms with Crippen LogP contribution in [0.25, 0.3) is 0 Å². The van der Waals surface area contributed by atoms with Crippen LogP contribution < -0.4 is 5.32 Å². The van der Waals surface area contributed by atoms with Gasteiger partial charge in [-0.25, -0.2) is 0 Å². The van der Waals surface area contributed by atoms with Gasteiger partial charge in [0, 0.05) is 23.9 Å². The highest BCUT2D eigenvalue weighted by Crippen LogP contribution is 2.20. The van der Waals surface area contributed by atoms with Crippen molar-refractivity contribution < 1.29 is 0 Å². The molecule has 13 heavy (non-hydrogen) atoms. The molecule has 1 fully saturated rings. The van der Waals surface area contributed by atoms with Crippen LogP contribution in [-0.2, 0) is 0 Å². The average Bonchev–Trinajstić information content (AvgIpc) is 2.48. The minimum absolute atomic E-state index is 0.376. The van der Waals surface area contributed by atoms with E-state index in [1.165, 1.54) is 19.5 Å². The Bertz CT molecular complexity index is 159. The third-order valence-electron chi connectivity index (χ3n) is 2.76. The van der Waals surface area contributed by atoms with E-state index < -0.39 is 0 Å². The molecule has 1 unspecified atom stereocenters. The fourth-order valence-corrected chi connectivity index (χ4v) is 1.79. The van der Waals surface area contributed by atoms with Crippen molar-refractivity contribution in [3.8, 4) is 0 Å². The molecule has 1 heterocycles. The number of thioether (sulfide) groups is 1. The summed E-state index contributed by atoms with van der Waals surface area (Å²) in [5.41, 5.74) is 0. The van der Waals surface area contributed by atoms with Crippen molar-refractivity contribution in [3.05, 3.63) is 0 Å². The second kappa shape index (κ2) is 4.67. The Morgan fingerprint density at radius 3 is 2.69 bits per heavy atom. The van der Waals surface area contributed by atoms with Crippen LogP contribution in [0.2, 0.25) is 0 Å². The summed E-state index contributed by atoms with van der Waals surface area (Å²) >= 11 is 1.94. The number of hydrogen-bond acceptors (Lipinski definition) is 3. The second-order valence-electron chi connectivity index (χ2n) is 4.59. The Morgan fingerprint density at radius 1 is 1.54 bits per heavy atom. The zero-order valence-corrected chi connectivity index (χ0v) is 10.1. The van der Waals surface area contributed by atoms with Crippen LogP contribution in [0.4, 0.5) is 0 Å². The van der Waals surface area contributed by atoms with Crippen LogP contribution in [0.1, 0.15) is 20.3 Å². The number of nitrogens with one attached hydrogen (secondary N) is 1. The highest BCUT2D eigenvalue weighted by atomic mass is 32.2. The van der Waals surface area contributed by atoms with Gasteiger partial charge >= 0.3 is 0 Å². The molecule has 0 radical (unpaired) electrons. The standard InChI is InChI=1S/C10H22N2S/c1-10(2,13-4)8-11-9-5-6-12(3)7-9/h9,11H,5-8H2,1-4H3. The Labute approximate surface area is 86.5 Å². The van der Waals surface area contributed by atoms with Crippen LogP contribution in [0.5, 0.6) is 0 Å². The van der Waals surface area contributed by atoms with E-state index in [1.807, 2.05) is 11.8 Å². The van der Waals surface area contributed by atoms with Crippen molar-refractivity contribution in [3.63, 3.8) is 0 Å². The molecule has 2 nitrogen and oxygen atoms in total. The van der Waals surface area contributed by atoms with Gasteiger partial charge in [-0.2, -0.15) is 11.8 Å². The molecule has 1 atom stereocenters. The van der Waals surface area contributed by atoms with Crippen LogP contribution in [0.15, 0.2) is 0 Å². The molecule has 1 aliphatic heterocycles. The van der Waals surface area contributed by atoms with Crippen LogP contribution in [-0.4, -0.2) is 48.6 Å². The van der Waals surface area contributed by atoms with Gasteiger partial charge < -0.3 is 10.2 Å². The van der Waals surface area contributed by atoms with Gasteiger partial charge in [0.05, 0.1) is 0 Å². The van der Waals surface area contributed by atoms with Gasteiger partial charge in [0.15, 0.2) is 0 Å². The molecule has 0 bridgehead atoms. The normalized spacial score (nSPS) is 25.4. The van der Waals surface area contributed by atoms with Crippen molar-refractivity contribution in [1.29, 1.82) is 0 Å². The first-order valence-electron chi connectivity index (χ1n) is 5.00. The molecule has 1 aliphatic rings. The predicted molar refractivity (Wildman–Crippen MR) is 61.5 cm³/mol. The lowest BCUT2D eigenvalue weighted by Gasteiger charge is -2.24. The molecule has 0 aromatic carbocycles. The Morgan fingerprint density at radius 2 is 2.23 bits per heavy atom. The van der Waals surface area contributed by atoms with E-state index in [1.54, 1.807) is 0 Å². The van der Waals surface area contributed by atoms with E-state index in [0.29, 0.717) is 4.75 Å². The number of likely N-dealkylation sites (tertiary alicyclic amines) is 1. The van der Waals surface area contributed by atoms with Crippen molar-refractivity contribution in [2.24, 2.45) is 0 Å². The number of rotatable bonds is 4. The van der Waals surface area contributed by atoms with Gasteiger partial charge in [-0.1, -0.05) is 0 Å². The maximum Gasteiger partial charge on any atom is 0.0225 e. The molecule has 0 spiro atoms. The molecule has 0 amide bonds. The SMILES string of the molecule is CSC(C)(C)CNC1CCN(C)C1. The highest BCUT2D eigenvalue weighted by molar-refractivity contribution is 7.99. The highest BCUT2D eigenvalue weighted by Gasteiger charge is 2.22. The van der Waals surface area contributed by atoms with Crippen LogP contribution in [0.3, 0.4) is 0 Å². The van der Waals surface area contributed by atoms with E-state index >= 15 is 0 Å². The second-order valence-corrected chi connectivity index (χ2v) is 6.11. The fourth-order valence-electron chi connectivity index (χ4n) is 1.56. The summed E-state index contributed by atoms with van der Waals surface area (Å²) in [5.74, 6) is 0. The summed E-state index contributed by atoms with van der Waals surface area (Å²) in [7, 11) is 2.20. The predicted octanol–water partition coefficient (Wildman–Crippen LogP) is 1.42. The third-order valence-corrected chi connectivity index (χ3v) is 4.01. The first-order valence-corrected chi connectivity index (χ1v) is 6.23. The summed E-state index contributed by atoms with van der Waals surface area (Å²) < 4.78 is 0.376. The Kier molecular flexibility index (Phi) is 4.07.